The van der Waals surface area contributed by atoms with Gasteiger partial charge in [0.05, 0.1) is 0 Å². The van der Waals surface area contributed by atoms with Gasteiger partial charge in [0.1, 0.15) is 21.5 Å². The third-order valence-corrected chi connectivity index (χ3v) is 3.01. The van der Waals surface area contributed by atoms with Crippen molar-refractivity contribution in [2.75, 3.05) is 0 Å². The molecular weight excluding hydrogens is 240 g/mol. The molecule has 2 heterocycles. The summed E-state index contributed by atoms with van der Waals surface area (Å²) in [5.41, 5.74) is -0.379. The number of fused-ring (bicyclic) bond motifs is 1. The second-order valence-electron chi connectivity index (χ2n) is 3.77. The molecule has 17 heavy (non-hydrogen) atoms. The molecule has 2 aromatic heterocycles. The number of aromatic amines is 1. The summed E-state index contributed by atoms with van der Waals surface area (Å²) in [7, 11) is 3.02. The number of aromatic nitrogens is 4. The van der Waals surface area contributed by atoms with E-state index in [0.717, 1.165) is 4.57 Å². The minimum atomic E-state index is -0.417. The van der Waals surface area contributed by atoms with E-state index < -0.39 is 5.56 Å². The number of hydrogen-bond donors (Lipinski definition) is 1. The van der Waals surface area contributed by atoms with Crippen LogP contribution in [-0.4, -0.2) is 19.1 Å². The highest BCUT2D eigenvalue weighted by atomic mass is 32.1. The highest BCUT2D eigenvalue weighted by molar-refractivity contribution is 7.71. The Labute approximate surface area is 102 Å². The molecule has 0 fully saturated rings. The summed E-state index contributed by atoms with van der Waals surface area (Å²) in [5, 5.41) is 0.279. The maximum Gasteiger partial charge on any atom is 0.332 e. The Kier molecular flexibility index (Phi) is 2.70. The Morgan fingerprint density at radius 1 is 1.29 bits per heavy atom. The predicted octanol–water partition coefficient (Wildman–Crippen LogP) is 0.252. The number of nitrogens with one attached hydrogen (secondary N) is 1. The van der Waals surface area contributed by atoms with Gasteiger partial charge in [-0.25, -0.2) is 9.78 Å². The lowest BCUT2D eigenvalue weighted by atomic mass is 10.3. The zero-order valence-corrected chi connectivity index (χ0v) is 10.6. The van der Waals surface area contributed by atoms with Gasteiger partial charge < -0.3 is 4.98 Å². The summed E-state index contributed by atoms with van der Waals surface area (Å²) in [4.78, 5) is 30.8. The molecule has 0 aliphatic rings. The third-order valence-electron chi connectivity index (χ3n) is 2.71. The van der Waals surface area contributed by atoms with Crippen molar-refractivity contribution in [1.29, 1.82) is 0 Å². The summed E-state index contributed by atoms with van der Waals surface area (Å²) in [6, 6.07) is 0. The van der Waals surface area contributed by atoms with E-state index in [0.29, 0.717) is 17.9 Å². The average Bonchev–Trinajstić information content (AvgIpc) is 2.32. The second kappa shape index (κ2) is 3.92. The predicted molar refractivity (Wildman–Crippen MR) is 66.8 cm³/mol. The van der Waals surface area contributed by atoms with Gasteiger partial charge in [-0.15, -0.1) is 0 Å². The van der Waals surface area contributed by atoms with Crippen molar-refractivity contribution in [2.24, 2.45) is 14.1 Å². The summed E-state index contributed by atoms with van der Waals surface area (Å²) < 4.78 is 2.62. The molecule has 0 aliphatic heterocycles. The number of H-pyrrole nitrogens is 1. The standard InChI is InChI=1S/C10H12N4O2S/c1-4-5-11-7-6(8(17)12-5)9(15)14(3)10(16)13(7)2/h4H2,1-3H3,(H,11,12,17). The van der Waals surface area contributed by atoms with Crippen molar-refractivity contribution in [1.82, 2.24) is 19.1 Å². The lowest BCUT2D eigenvalue weighted by Crippen LogP contribution is -2.37. The van der Waals surface area contributed by atoms with Crippen molar-refractivity contribution < 1.29 is 0 Å². The lowest BCUT2D eigenvalue weighted by Gasteiger charge is -2.08. The fraction of sp³-hybridized carbons (Fsp3) is 0.400. The van der Waals surface area contributed by atoms with E-state index in [1.165, 1.54) is 11.6 Å². The Hall–Kier alpha value is -1.76. The lowest BCUT2D eigenvalue weighted by molar-refractivity contribution is 0.702. The van der Waals surface area contributed by atoms with Crippen LogP contribution in [0.25, 0.3) is 11.0 Å². The first-order valence-electron chi connectivity index (χ1n) is 5.16. The van der Waals surface area contributed by atoms with Crippen molar-refractivity contribution in [2.45, 2.75) is 13.3 Å². The Morgan fingerprint density at radius 2 is 1.94 bits per heavy atom. The molecule has 0 aliphatic carbocycles. The SMILES string of the molecule is CCc1nc(=S)c2c(=O)n(C)c(=O)n(C)c2[nH]1. The van der Waals surface area contributed by atoms with Gasteiger partial charge in [0.15, 0.2) is 0 Å². The number of aryl methyl sites for hydroxylation is 2. The van der Waals surface area contributed by atoms with Gasteiger partial charge in [0.25, 0.3) is 5.56 Å². The van der Waals surface area contributed by atoms with E-state index in [9.17, 15) is 9.59 Å². The molecule has 0 saturated heterocycles. The van der Waals surface area contributed by atoms with Crippen LogP contribution >= 0.6 is 12.2 Å². The van der Waals surface area contributed by atoms with Crippen LogP contribution in [-0.2, 0) is 20.5 Å². The van der Waals surface area contributed by atoms with Gasteiger partial charge in [0.2, 0.25) is 0 Å². The zero-order valence-electron chi connectivity index (χ0n) is 9.77. The molecule has 0 saturated carbocycles. The largest absolute Gasteiger partial charge is 0.332 e. The van der Waals surface area contributed by atoms with Crippen LogP contribution in [0.15, 0.2) is 9.59 Å². The first-order chi connectivity index (χ1) is 7.97. The van der Waals surface area contributed by atoms with Crippen LogP contribution in [0, 0.1) is 4.64 Å². The maximum absolute atomic E-state index is 11.9. The average molecular weight is 252 g/mol. The van der Waals surface area contributed by atoms with Crippen molar-refractivity contribution >= 4 is 23.3 Å². The molecule has 1 N–H and O–H groups in total. The molecule has 0 atom stereocenters. The summed E-state index contributed by atoms with van der Waals surface area (Å²) in [6.45, 7) is 1.92. The van der Waals surface area contributed by atoms with Crippen LogP contribution in [0.5, 0.6) is 0 Å². The topological polar surface area (TPSA) is 72.7 Å². The van der Waals surface area contributed by atoms with E-state index >= 15 is 0 Å². The van der Waals surface area contributed by atoms with Gasteiger partial charge in [-0.05, 0) is 0 Å². The number of rotatable bonds is 1. The summed E-state index contributed by atoms with van der Waals surface area (Å²) >= 11 is 5.10. The maximum atomic E-state index is 11.9. The highest BCUT2D eigenvalue weighted by Crippen LogP contribution is 2.06. The molecule has 0 amide bonds. The van der Waals surface area contributed by atoms with Crippen LogP contribution in [0.2, 0.25) is 0 Å². The second-order valence-corrected chi connectivity index (χ2v) is 4.16. The van der Waals surface area contributed by atoms with E-state index in [1.807, 2.05) is 6.92 Å². The van der Waals surface area contributed by atoms with Gasteiger partial charge in [0, 0.05) is 20.5 Å². The number of nitrogens with zero attached hydrogens (tertiary/aromatic N) is 3. The van der Waals surface area contributed by atoms with Crippen LogP contribution in [0.4, 0.5) is 0 Å². The first-order valence-corrected chi connectivity index (χ1v) is 5.57. The van der Waals surface area contributed by atoms with E-state index in [-0.39, 0.29) is 15.7 Å². The molecule has 0 aromatic carbocycles. The monoisotopic (exact) mass is 252 g/mol. The smallest absolute Gasteiger partial charge is 0.329 e. The number of hydrogen-bond acceptors (Lipinski definition) is 4. The van der Waals surface area contributed by atoms with E-state index in [2.05, 4.69) is 9.97 Å². The Morgan fingerprint density at radius 3 is 2.53 bits per heavy atom. The van der Waals surface area contributed by atoms with E-state index in [4.69, 9.17) is 12.2 Å². The molecule has 0 bridgehead atoms. The van der Waals surface area contributed by atoms with Crippen molar-refractivity contribution in [3.8, 4) is 0 Å². The molecule has 0 spiro atoms. The van der Waals surface area contributed by atoms with Crippen molar-refractivity contribution in [3.05, 3.63) is 31.3 Å². The third kappa shape index (κ3) is 1.62. The fourth-order valence-corrected chi connectivity index (χ4v) is 1.99. The molecule has 7 heteroatoms. The minimum absolute atomic E-state index is 0.229. The van der Waals surface area contributed by atoms with Gasteiger partial charge >= 0.3 is 5.69 Å². The summed E-state index contributed by atoms with van der Waals surface area (Å²) in [6.07, 6.45) is 0.656. The van der Waals surface area contributed by atoms with Gasteiger partial charge in [-0.2, -0.15) is 0 Å². The van der Waals surface area contributed by atoms with Crippen LogP contribution in [0.1, 0.15) is 12.7 Å². The molecule has 0 unspecified atom stereocenters. The highest BCUT2D eigenvalue weighted by Gasteiger charge is 2.11. The normalized spacial score (nSPS) is 11.0. The Balaban J connectivity index is 3.18. The van der Waals surface area contributed by atoms with Crippen molar-refractivity contribution in [3.63, 3.8) is 0 Å². The summed E-state index contributed by atoms with van der Waals surface area (Å²) in [5.74, 6) is 0.658. The zero-order chi connectivity index (χ0) is 12.7. The molecule has 0 radical (unpaired) electrons. The van der Waals surface area contributed by atoms with Crippen LogP contribution < -0.4 is 11.2 Å². The van der Waals surface area contributed by atoms with E-state index in [1.54, 1.807) is 7.05 Å². The molecule has 2 aromatic rings. The fourth-order valence-electron chi connectivity index (χ4n) is 1.69. The molecular formula is C10H12N4O2S. The molecule has 2 rings (SSSR count). The van der Waals surface area contributed by atoms with Gasteiger partial charge in [-0.1, -0.05) is 19.1 Å². The Bertz CT molecular complexity index is 769. The van der Waals surface area contributed by atoms with Gasteiger partial charge in [-0.3, -0.25) is 13.9 Å². The minimum Gasteiger partial charge on any atom is -0.329 e. The first kappa shape index (κ1) is 11.7. The molecule has 6 nitrogen and oxygen atoms in total. The van der Waals surface area contributed by atoms with Crippen LogP contribution in [0.3, 0.4) is 0 Å². The quantitative estimate of drug-likeness (QED) is 0.738. The molecule has 90 valence electrons.